The molecule has 0 N–H and O–H groups in total. The second-order valence-corrected chi connectivity index (χ2v) is 0. The molecule has 0 aliphatic carbocycles. The first kappa shape index (κ1) is 26.9. The fourth-order valence-electron chi connectivity index (χ4n) is 0. The second-order valence-electron chi connectivity index (χ2n) is 0. The van der Waals surface area contributed by atoms with Gasteiger partial charge in [-0.3, -0.25) is 0 Å². The van der Waals surface area contributed by atoms with E-state index in [1.165, 1.54) is 0 Å². The van der Waals surface area contributed by atoms with Crippen LogP contribution in [0.25, 0.3) is 0 Å². The molecule has 4 heavy (non-hydrogen) atoms. The van der Waals surface area contributed by atoms with Crippen LogP contribution in [0.4, 0.5) is 0 Å². The zero-order valence-corrected chi connectivity index (χ0v) is 9.88. The third-order valence-electron chi connectivity index (χ3n) is 0. The molecule has 0 heterocycles. The van der Waals surface area contributed by atoms with Crippen molar-refractivity contribution in [1.82, 2.24) is 0 Å². The molecule has 0 aromatic carbocycles. The molecule has 1 radical (unpaired) electrons. The molecule has 0 aromatic heterocycles. The van der Waals surface area contributed by atoms with E-state index >= 15 is 0 Å². The predicted octanol–water partition coefficient (Wildman–Crippen LogP) is -3.29. The Hall–Kier alpha value is 3.22. The van der Waals surface area contributed by atoms with Gasteiger partial charge in [-0.2, -0.15) is 0 Å². The maximum absolute atomic E-state index is 0. The van der Waals surface area contributed by atoms with E-state index in [0.717, 1.165) is 0 Å². The van der Waals surface area contributed by atoms with Crippen LogP contribution in [0, 0.1) is 0 Å². The van der Waals surface area contributed by atoms with Crippen LogP contribution in [-0.4, -0.2) is 73.9 Å². The Morgan fingerprint density at radius 3 is 1.00 bits per heavy atom. The van der Waals surface area contributed by atoms with Crippen LogP contribution in [0.1, 0.15) is 0 Å². The topological polar surface area (TPSA) is 0 Å². The van der Waals surface area contributed by atoms with Gasteiger partial charge in [-0.25, -0.2) is 0 Å². The van der Waals surface area contributed by atoms with Crippen molar-refractivity contribution in [3.05, 3.63) is 0 Å². The summed E-state index contributed by atoms with van der Waals surface area (Å²) in [6.07, 6.45) is 0. The summed E-state index contributed by atoms with van der Waals surface area (Å²) in [5.41, 5.74) is 0. The van der Waals surface area contributed by atoms with Crippen molar-refractivity contribution in [3.63, 3.8) is 0 Å². The van der Waals surface area contributed by atoms with Gasteiger partial charge in [0.25, 0.3) is 0 Å². The average Bonchev–Trinajstić information content (AvgIpc) is 0. The van der Waals surface area contributed by atoms with Crippen LogP contribution in [0.3, 0.4) is 0 Å². The SMILES string of the molecule is [Ag].[InH3].[SbH3].[TeH2]. The van der Waals surface area contributed by atoms with Crippen molar-refractivity contribution in [2.45, 2.75) is 0 Å². The number of rotatable bonds is 0. The van der Waals surface area contributed by atoms with Crippen LogP contribution in [0.15, 0.2) is 0 Å². The second kappa shape index (κ2) is 16.3. The van der Waals surface area contributed by atoms with Crippen LogP contribution in [0.2, 0.25) is 0 Å². The van der Waals surface area contributed by atoms with E-state index < -0.39 is 0 Å². The molecule has 0 saturated heterocycles. The standard InChI is InChI=1S/Ag.In.Sb.H2Te.6H/h;;;1H2;;;;;;. The Morgan fingerprint density at radius 1 is 1.00 bits per heavy atom. The van der Waals surface area contributed by atoms with Gasteiger partial charge in [0.2, 0.25) is 0 Å². The Balaban J connectivity index is 0. The van der Waals surface area contributed by atoms with Crippen LogP contribution >= 0.6 is 0 Å². The molecule has 0 atom stereocenters. The third-order valence-corrected chi connectivity index (χ3v) is 0. The minimum absolute atomic E-state index is 0. The average molecular weight is 480 g/mol. The van der Waals surface area contributed by atoms with Gasteiger partial charge in [-0.1, -0.05) is 0 Å². The molecule has 0 aliphatic rings. The van der Waals surface area contributed by atoms with E-state index in [1.54, 1.807) is 0 Å². The first-order valence-corrected chi connectivity index (χ1v) is 0. The van der Waals surface area contributed by atoms with Gasteiger partial charge in [0.15, 0.2) is 0 Å². The van der Waals surface area contributed by atoms with Crippen molar-refractivity contribution in [2.75, 3.05) is 0 Å². The van der Waals surface area contributed by atoms with E-state index in [2.05, 4.69) is 0 Å². The molecule has 0 saturated carbocycles. The minimum atomic E-state index is 0. The van der Waals surface area contributed by atoms with Crippen molar-refractivity contribution >= 4 is 73.9 Å². The molecular weight excluding hydrogens is 472 g/mol. The Labute approximate surface area is 94.3 Å². The van der Waals surface area contributed by atoms with E-state index in [-0.39, 0.29) is 96.3 Å². The van der Waals surface area contributed by atoms with Crippen molar-refractivity contribution in [2.24, 2.45) is 0 Å². The van der Waals surface area contributed by atoms with E-state index in [1.807, 2.05) is 0 Å². The van der Waals surface area contributed by atoms with Crippen molar-refractivity contribution < 1.29 is 22.4 Å². The van der Waals surface area contributed by atoms with Gasteiger partial charge in [0, 0.05) is 22.4 Å². The van der Waals surface area contributed by atoms with E-state index in [0.29, 0.717) is 0 Å². The number of hydrogen-bond donors (Lipinski definition) is 0. The molecule has 0 fully saturated rings. The normalized spacial score (nSPS) is 0. The Bertz CT molecular complexity index is 8.00. The number of hydrogen-bond acceptors (Lipinski definition) is 0. The molecule has 0 aliphatic heterocycles. The summed E-state index contributed by atoms with van der Waals surface area (Å²) >= 11 is 0. The molecule has 0 unspecified atom stereocenters. The van der Waals surface area contributed by atoms with E-state index in [4.69, 9.17) is 0 Å². The summed E-state index contributed by atoms with van der Waals surface area (Å²) < 4.78 is 0. The van der Waals surface area contributed by atoms with Crippen LogP contribution in [0.5, 0.6) is 0 Å². The summed E-state index contributed by atoms with van der Waals surface area (Å²) in [7, 11) is 0. The van der Waals surface area contributed by atoms with Gasteiger partial charge >= 0.3 is 73.9 Å². The zero-order valence-electron chi connectivity index (χ0n) is 1.51. The van der Waals surface area contributed by atoms with Crippen LogP contribution in [-0.2, 0) is 22.4 Å². The van der Waals surface area contributed by atoms with Gasteiger partial charge in [-0.05, 0) is 0 Å². The maximum atomic E-state index is 0. The first-order chi connectivity index (χ1) is 0. The van der Waals surface area contributed by atoms with Gasteiger partial charge in [0.05, 0.1) is 0 Å². The summed E-state index contributed by atoms with van der Waals surface area (Å²) in [6.45, 7) is 0. The van der Waals surface area contributed by atoms with Crippen LogP contribution < -0.4 is 0 Å². The third kappa shape index (κ3) is 8.96. The summed E-state index contributed by atoms with van der Waals surface area (Å²) in [5, 5.41) is 0. The monoisotopic (exact) mass is 481 g/mol. The molecule has 0 rings (SSSR count). The van der Waals surface area contributed by atoms with Crippen molar-refractivity contribution in [1.29, 1.82) is 0 Å². The quantitative estimate of drug-likeness (QED) is 0.320. The van der Waals surface area contributed by atoms with Gasteiger partial charge in [-0.15, -0.1) is 0 Å². The fraction of sp³-hybridized carbons (Fsp3) is 0. The molecule has 0 amide bonds. The molecule has 0 spiro atoms. The molecule has 0 nitrogen and oxygen atoms in total. The fourth-order valence-corrected chi connectivity index (χ4v) is 0. The molecule has 4 heteroatoms. The summed E-state index contributed by atoms with van der Waals surface area (Å²) in [4.78, 5) is 0. The molecule has 0 bridgehead atoms. The first-order valence-electron chi connectivity index (χ1n) is 0. The molecule has 33 valence electrons. The van der Waals surface area contributed by atoms with Crippen molar-refractivity contribution in [3.8, 4) is 0 Å². The van der Waals surface area contributed by atoms with Gasteiger partial charge in [0.1, 0.15) is 0 Å². The predicted molar refractivity (Wildman–Crippen MR) is 28.4 cm³/mol. The zero-order chi connectivity index (χ0) is 0. The Morgan fingerprint density at radius 2 is 1.00 bits per heavy atom. The summed E-state index contributed by atoms with van der Waals surface area (Å²) in [5.74, 6) is 0. The van der Waals surface area contributed by atoms with Gasteiger partial charge < -0.3 is 0 Å². The van der Waals surface area contributed by atoms with E-state index in [9.17, 15) is 0 Å². The Kier molecular flexibility index (Phi) is 110. The molecule has 0 aromatic rings. The molecular formula is H8AgInSbTe. The summed E-state index contributed by atoms with van der Waals surface area (Å²) in [6, 6.07) is 0.